The van der Waals surface area contributed by atoms with Crippen molar-refractivity contribution in [3.8, 4) is 17.3 Å². The van der Waals surface area contributed by atoms with Crippen LogP contribution in [0.25, 0.3) is 27.5 Å². The zero-order chi connectivity index (χ0) is 41.6. The van der Waals surface area contributed by atoms with Crippen molar-refractivity contribution in [1.29, 1.82) is 0 Å². The second kappa shape index (κ2) is 13.5. The molecule has 4 atom stereocenters. The summed E-state index contributed by atoms with van der Waals surface area (Å²) in [6, 6.07) is 35.3. The zero-order valence-corrected chi connectivity index (χ0v) is 32.5. The summed E-state index contributed by atoms with van der Waals surface area (Å²) in [4.78, 5) is 79.7. The number of aromatic amines is 1. The number of hydrogen-bond donors (Lipinski definition) is 3. The third kappa shape index (κ3) is 5.25. The quantitative estimate of drug-likeness (QED) is 0.102. The van der Waals surface area contributed by atoms with Gasteiger partial charge in [0.15, 0.2) is 5.88 Å². The Hall–Kier alpha value is -7.51. The molecule has 13 heteroatoms. The van der Waals surface area contributed by atoms with Crippen LogP contribution >= 0.6 is 0 Å². The maximum atomic E-state index is 14.4. The molecular weight excluding hydrogens is 761 g/mol. The van der Waals surface area contributed by atoms with E-state index >= 15 is 0 Å². The Morgan fingerprint density at radius 2 is 1.50 bits per heavy atom. The van der Waals surface area contributed by atoms with E-state index in [9.17, 15) is 29.1 Å². The van der Waals surface area contributed by atoms with Crippen LogP contribution in [0.3, 0.4) is 0 Å². The molecule has 2 amide bonds. The molecular formula is C47H36N6O7. The molecule has 4 aliphatic rings. The zero-order valence-electron chi connectivity index (χ0n) is 32.5. The summed E-state index contributed by atoms with van der Waals surface area (Å²) in [7, 11) is 0. The van der Waals surface area contributed by atoms with Gasteiger partial charge in [0.2, 0.25) is 17.6 Å². The first-order chi connectivity index (χ1) is 29.0. The number of rotatable bonds is 4. The van der Waals surface area contributed by atoms with Crippen LogP contribution in [-0.2, 0) is 19.9 Å². The second-order valence-corrected chi connectivity index (χ2v) is 15.6. The number of esters is 1. The highest BCUT2D eigenvalue weighted by Crippen LogP contribution is 2.56. The van der Waals surface area contributed by atoms with E-state index < -0.39 is 23.3 Å². The number of benzene rings is 5. The summed E-state index contributed by atoms with van der Waals surface area (Å²) < 4.78 is 6.73. The molecule has 0 radical (unpaired) electrons. The van der Waals surface area contributed by atoms with Gasteiger partial charge in [0.1, 0.15) is 22.8 Å². The van der Waals surface area contributed by atoms with E-state index in [0.29, 0.717) is 56.4 Å². The first kappa shape index (κ1) is 36.8. The van der Waals surface area contributed by atoms with Crippen LogP contribution in [0.15, 0.2) is 131 Å². The fourth-order valence-corrected chi connectivity index (χ4v) is 9.41. The third-order valence-electron chi connectivity index (χ3n) is 11.9. The SMILES string of the molecule is CC(=O)Oc1ccc(N2C(=O)[C@H]3C(C(C)C)NC4(c5ccccc5-n5c4nc4ccccc4c5=O)[C@H]3C2=O)cc1.O=C1C(c2c(O)[nH]c3ccccc23)=Nc2ccccc21. The first-order valence-electron chi connectivity index (χ1n) is 19.6. The van der Waals surface area contributed by atoms with Gasteiger partial charge in [0.05, 0.1) is 45.4 Å². The highest BCUT2D eigenvalue weighted by atomic mass is 16.5. The number of anilines is 1. The highest BCUT2D eigenvalue weighted by molar-refractivity contribution is 6.56. The van der Waals surface area contributed by atoms with E-state index in [2.05, 4.69) is 15.3 Å². The minimum Gasteiger partial charge on any atom is -0.494 e. The Morgan fingerprint density at radius 1 is 0.817 bits per heavy atom. The molecule has 3 N–H and O–H groups in total. The Morgan fingerprint density at radius 3 is 2.25 bits per heavy atom. The van der Waals surface area contributed by atoms with E-state index in [4.69, 9.17) is 9.72 Å². The summed E-state index contributed by atoms with van der Waals surface area (Å²) in [6.07, 6.45) is 0. The normalized spacial score (nSPS) is 20.9. The Bertz CT molecular complexity index is 3090. The van der Waals surface area contributed by atoms with Crippen molar-refractivity contribution in [2.75, 3.05) is 4.90 Å². The summed E-state index contributed by atoms with van der Waals surface area (Å²) in [5.41, 5.74) is 3.71. The minimum absolute atomic E-state index is 0.00306. The lowest BCUT2D eigenvalue weighted by molar-refractivity contribution is -0.132. The molecule has 6 heterocycles. The summed E-state index contributed by atoms with van der Waals surface area (Å²) >= 11 is 0. The highest BCUT2D eigenvalue weighted by Gasteiger charge is 2.70. The van der Waals surface area contributed by atoms with Gasteiger partial charge in [-0.25, -0.2) is 14.9 Å². The van der Waals surface area contributed by atoms with Crippen LogP contribution in [0.5, 0.6) is 11.6 Å². The van der Waals surface area contributed by atoms with E-state index in [-0.39, 0.29) is 41.0 Å². The monoisotopic (exact) mass is 796 g/mol. The number of Topliss-reactive ketones (excluding diaryl/α,β-unsaturated/α-hetero) is 1. The van der Waals surface area contributed by atoms with Crippen molar-refractivity contribution < 1.29 is 29.0 Å². The maximum Gasteiger partial charge on any atom is 0.308 e. The number of ketones is 1. The molecule has 2 unspecified atom stereocenters. The molecule has 2 fully saturated rings. The number of carbonyl (C=O) groups excluding carboxylic acids is 4. The summed E-state index contributed by atoms with van der Waals surface area (Å²) in [6.45, 7) is 5.34. The van der Waals surface area contributed by atoms with Gasteiger partial charge in [0.25, 0.3) is 5.56 Å². The number of carbonyl (C=O) groups is 4. The van der Waals surface area contributed by atoms with E-state index in [1.165, 1.54) is 11.8 Å². The average molecular weight is 797 g/mol. The van der Waals surface area contributed by atoms with Gasteiger partial charge in [-0.05, 0) is 66.6 Å². The molecule has 296 valence electrons. The van der Waals surface area contributed by atoms with E-state index in [1.807, 2.05) is 80.6 Å². The van der Waals surface area contributed by atoms with Gasteiger partial charge >= 0.3 is 5.97 Å². The van der Waals surface area contributed by atoms with Crippen molar-refractivity contribution in [3.05, 3.63) is 154 Å². The number of aromatic hydroxyl groups is 1. The number of ether oxygens (including phenoxy) is 1. The van der Waals surface area contributed by atoms with Crippen LogP contribution in [0.1, 0.15) is 48.1 Å². The lowest BCUT2D eigenvalue weighted by Crippen LogP contribution is -2.51. The van der Waals surface area contributed by atoms with Gasteiger partial charge in [-0.2, -0.15) is 0 Å². The first-order valence-corrected chi connectivity index (χ1v) is 19.6. The molecule has 11 rings (SSSR count). The second-order valence-electron chi connectivity index (χ2n) is 15.6. The van der Waals surface area contributed by atoms with Crippen molar-refractivity contribution in [3.63, 3.8) is 0 Å². The van der Waals surface area contributed by atoms with Crippen LogP contribution in [-0.4, -0.2) is 55.0 Å². The average Bonchev–Trinajstić information content (AvgIpc) is 4.01. The number of nitrogens with one attached hydrogen (secondary N) is 2. The van der Waals surface area contributed by atoms with Crippen LogP contribution in [0.4, 0.5) is 11.4 Å². The minimum atomic E-state index is -1.18. The van der Waals surface area contributed by atoms with Gasteiger partial charge in [-0.15, -0.1) is 0 Å². The maximum absolute atomic E-state index is 14.4. The Balaban J connectivity index is 0.000000180. The molecule has 2 saturated heterocycles. The lowest BCUT2D eigenvalue weighted by Gasteiger charge is -2.32. The lowest BCUT2D eigenvalue weighted by atomic mass is 9.75. The van der Waals surface area contributed by atoms with Crippen molar-refractivity contribution in [2.45, 2.75) is 32.4 Å². The van der Waals surface area contributed by atoms with Gasteiger partial charge in [0, 0.05) is 35.0 Å². The molecule has 2 aromatic heterocycles. The predicted octanol–water partition coefficient (Wildman–Crippen LogP) is 6.49. The third-order valence-corrected chi connectivity index (χ3v) is 11.9. The molecule has 60 heavy (non-hydrogen) atoms. The molecule has 4 aliphatic heterocycles. The fourth-order valence-electron chi connectivity index (χ4n) is 9.41. The molecule has 0 bridgehead atoms. The summed E-state index contributed by atoms with van der Waals surface area (Å²) in [5.74, 6) is -2.07. The van der Waals surface area contributed by atoms with Gasteiger partial charge < -0.3 is 14.8 Å². The van der Waals surface area contributed by atoms with Crippen LogP contribution < -0.4 is 20.5 Å². The van der Waals surface area contributed by atoms with E-state index in [1.54, 1.807) is 59.2 Å². The number of nitrogens with zero attached hydrogens (tertiary/aromatic N) is 4. The Kier molecular flexibility index (Phi) is 8.30. The smallest absolute Gasteiger partial charge is 0.308 e. The number of imide groups is 1. The van der Waals surface area contributed by atoms with Gasteiger partial charge in [-0.1, -0.05) is 74.5 Å². The molecule has 13 nitrogen and oxygen atoms in total. The molecule has 5 aromatic carbocycles. The van der Waals surface area contributed by atoms with Crippen molar-refractivity contribution >= 4 is 62.5 Å². The largest absolute Gasteiger partial charge is 0.494 e. The molecule has 0 saturated carbocycles. The molecule has 1 spiro atoms. The number of para-hydroxylation sites is 4. The number of H-pyrrole nitrogens is 1. The standard InChI is InChI=1S/C31H26N4O5.C16H10N2O2/c1-16(2)26-24-25(29(39)34(28(24)38)18-12-14-19(15-13-18)40-17(3)36)31(33-26)21-9-5-7-11-23(21)35-27(37)20-8-4-6-10-22(20)32-30(31)35;19-15-10-6-2-4-8-12(10)17-14(15)13-9-5-1-3-7-11(9)18-16(13)20/h4-16,24-26,33H,1-3H3;1-8,18,20H/t24-,25-,26?,31?;/m1./s1. The summed E-state index contributed by atoms with van der Waals surface area (Å²) in [5, 5.41) is 15.1. The van der Waals surface area contributed by atoms with Crippen LogP contribution in [0.2, 0.25) is 0 Å². The predicted molar refractivity (Wildman–Crippen MR) is 224 cm³/mol. The Labute approximate surface area is 342 Å². The number of aliphatic imine (C=N–C) groups is 1. The number of fused-ring (bicyclic) bond motifs is 10. The van der Waals surface area contributed by atoms with Crippen molar-refractivity contribution in [1.82, 2.24) is 19.9 Å². The van der Waals surface area contributed by atoms with Crippen molar-refractivity contribution in [2.24, 2.45) is 22.7 Å². The number of hydrogen-bond acceptors (Lipinski definition) is 10. The topological polar surface area (TPSA) is 176 Å². The molecule has 7 aromatic rings. The number of amides is 2. The molecule has 0 aliphatic carbocycles. The fraction of sp³-hybridized carbons (Fsp3) is 0.170. The van der Waals surface area contributed by atoms with Gasteiger partial charge in [-0.3, -0.25) is 33.9 Å². The van der Waals surface area contributed by atoms with E-state index in [0.717, 1.165) is 16.5 Å². The number of aromatic nitrogens is 3. The van der Waals surface area contributed by atoms with Crippen LogP contribution in [0, 0.1) is 17.8 Å².